The van der Waals surface area contributed by atoms with Gasteiger partial charge in [0.1, 0.15) is 27.6 Å². The molecule has 2 rings (SSSR count). The van der Waals surface area contributed by atoms with E-state index in [0.717, 1.165) is 11.4 Å². The molecule has 1 amide bonds. The number of hydrogen-bond acceptors (Lipinski definition) is 5. The van der Waals surface area contributed by atoms with Gasteiger partial charge >= 0.3 is 6.09 Å². The van der Waals surface area contributed by atoms with Crippen molar-refractivity contribution in [3.63, 3.8) is 0 Å². The van der Waals surface area contributed by atoms with Gasteiger partial charge in [-0.25, -0.2) is 9.78 Å². The van der Waals surface area contributed by atoms with Gasteiger partial charge in [-0.2, -0.15) is 0 Å². The van der Waals surface area contributed by atoms with Gasteiger partial charge in [0.05, 0.1) is 6.54 Å². The molecule has 2 heterocycles. The Kier molecular flexibility index (Phi) is 5.45. The van der Waals surface area contributed by atoms with Crippen LogP contribution in [0.4, 0.5) is 4.79 Å². The molecule has 1 aliphatic heterocycles. The predicted molar refractivity (Wildman–Crippen MR) is 87.9 cm³/mol. The zero-order valence-corrected chi connectivity index (χ0v) is 14.8. The molecule has 0 unspecified atom stereocenters. The van der Waals surface area contributed by atoms with E-state index in [1.165, 1.54) is 11.8 Å². The maximum atomic E-state index is 12.0. The van der Waals surface area contributed by atoms with E-state index in [0.29, 0.717) is 24.0 Å². The lowest BCUT2D eigenvalue weighted by Gasteiger charge is -2.24. The van der Waals surface area contributed by atoms with Crippen molar-refractivity contribution in [1.82, 2.24) is 9.88 Å². The molecule has 1 atom stereocenters. The van der Waals surface area contributed by atoms with Crippen molar-refractivity contribution in [2.24, 2.45) is 0 Å². The molecule has 1 fully saturated rings. The summed E-state index contributed by atoms with van der Waals surface area (Å²) in [4.78, 5) is 17.9. The highest BCUT2D eigenvalue weighted by Gasteiger charge is 2.30. The monoisotopic (exact) mass is 344 g/mol. The van der Waals surface area contributed by atoms with Crippen molar-refractivity contribution < 1.29 is 14.3 Å². The third kappa shape index (κ3) is 4.95. The van der Waals surface area contributed by atoms with E-state index >= 15 is 0 Å². The summed E-state index contributed by atoms with van der Waals surface area (Å²) >= 11 is 7.48. The summed E-state index contributed by atoms with van der Waals surface area (Å²) in [6.07, 6.45) is 2.35. The van der Waals surface area contributed by atoms with E-state index in [2.05, 4.69) is 4.98 Å². The van der Waals surface area contributed by atoms with Crippen molar-refractivity contribution in [3.8, 4) is 5.75 Å². The lowest BCUT2D eigenvalue weighted by Crippen LogP contribution is -2.36. The fraction of sp³-hybridized carbons (Fsp3) is 0.600. The first kappa shape index (κ1) is 17.2. The Bertz CT molecular complexity index is 548. The number of ether oxygens (including phenoxy) is 2. The highest BCUT2D eigenvalue weighted by Crippen LogP contribution is 2.26. The maximum Gasteiger partial charge on any atom is 0.410 e. The van der Waals surface area contributed by atoms with Crippen LogP contribution in [0.25, 0.3) is 0 Å². The van der Waals surface area contributed by atoms with E-state index in [1.807, 2.05) is 33.1 Å². The largest absolute Gasteiger partial charge is 0.488 e. The van der Waals surface area contributed by atoms with E-state index < -0.39 is 5.60 Å². The molecule has 5 nitrogen and oxygen atoms in total. The third-order valence-electron chi connectivity index (χ3n) is 3.05. The Morgan fingerprint density at radius 2 is 2.18 bits per heavy atom. The summed E-state index contributed by atoms with van der Waals surface area (Å²) in [7, 11) is 0. The average Bonchev–Trinajstić information content (AvgIpc) is 2.84. The van der Waals surface area contributed by atoms with Crippen LogP contribution in [0.5, 0.6) is 5.75 Å². The molecule has 1 aromatic heterocycles. The number of nitrogens with zero attached hydrogens (tertiary/aromatic N) is 2. The molecule has 1 saturated heterocycles. The SMILES string of the molecule is CSc1cc(O[C@H]2CCN(C(=O)OC(C)(C)C)C2)cc(Cl)n1. The number of rotatable bonds is 3. The second-order valence-electron chi connectivity index (χ2n) is 6.12. The standard InChI is InChI=1S/C15H21ClN2O3S/c1-15(2,3)21-14(19)18-6-5-10(9-18)20-11-7-12(16)17-13(8-11)22-4/h7-8,10H,5-6,9H2,1-4H3/t10-/m0/s1. The van der Waals surface area contributed by atoms with E-state index in [-0.39, 0.29) is 12.2 Å². The molecule has 0 aromatic carbocycles. The molecule has 0 saturated carbocycles. The molecular formula is C15H21ClN2O3S. The van der Waals surface area contributed by atoms with Crippen molar-refractivity contribution in [2.75, 3.05) is 19.3 Å². The zero-order valence-electron chi connectivity index (χ0n) is 13.3. The van der Waals surface area contributed by atoms with E-state index in [1.54, 1.807) is 11.0 Å². The lowest BCUT2D eigenvalue weighted by molar-refractivity contribution is 0.0275. The highest BCUT2D eigenvalue weighted by atomic mass is 35.5. The van der Waals surface area contributed by atoms with E-state index in [9.17, 15) is 4.79 Å². The minimum Gasteiger partial charge on any atom is -0.488 e. The summed E-state index contributed by atoms with van der Waals surface area (Å²) in [6.45, 7) is 6.73. The number of amides is 1. The third-order valence-corrected chi connectivity index (χ3v) is 3.87. The Hall–Kier alpha value is -1.14. The number of carbonyl (C=O) groups excluding carboxylic acids is 1. The minimum absolute atomic E-state index is 0.0549. The van der Waals surface area contributed by atoms with Crippen molar-refractivity contribution in [2.45, 2.75) is 43.9 Å². The van der Waals surface area contributed by atoms with Gasteiger partial charge in [-0.1, -0.05) is 11.6 Å². The summed E-state index contributed by atoms with van der Waals surface area (Å²) in [5.41, 5.74) is -0.484. The van der Waals surface area contributed by atoms with Crippen LogP contribution in [0.3, 0.4) is 0 Å². The summed E-state index contributed by atoms with van der Waals surface area (Å²) in [5, 5.41) is 1.22. The summed E-state index contributed by atoms with van der Waals surface area (Å²) in [5.74, 6) is 0.681. The molecule has 1 aromatic rings. The molecule has 0 bridgehead atoms. The van der Waals surface area contributed by atoms with Gasteiger partial charge in [-0.05, 0) is 27.0 Å². The lowest BCUT2D eigenvalue weighted by atomic mass is 10.2. The van der Waals surface area contributed by atoms with Crippen molar-refractivity contribution in [3.05, 3.63) is 17.3 Å². The van der Waals surface area contributed by atoms with Gasteiger partial charge < -0.3 is 14.4 Å². The fourth-order valence-corrected chi connectivity index (χ4v) is 2.80. The van der Waals surface area contributed by atoms with Gasteiger partial charge in [-0.3, -0.25) is 0 Å². The average molecular weight is 345 g/mol. The van der Waals surface area contributed by atoms with Crippen LogP contribution in [0.15, 0.2) is 17.2 Å². The number of thioether (sulfide) groups is 1. The Balaban J connectivity index is 1.94. The molecule has 122 valence electrons. The molecule has 1 aliphatic rings. The number of carbonyl (C=O) groups is 1. The van der Waals surface area contributed by atoms with Gasteiger partial charge in [0.2, 0.25) is 0 Å². The van der Waals surface area contributed by atoms with Crippen LogP contribution in [-0.4, -0.2) is 47.0 Å². The Morgan fingerprint density at radius 1 is 1.45 bits per heavy atom. The Morgan fingerprint density at radius 3 is 2.82 bits per heavy atom. The van der Waals surface area contributed by atoms with Crippen LogP contribution in [0.2, 0.25) is 5.15 Å². The van der Waals surface area contributed by atoms with Gasteiger partial charge in [-0.15, -0.1) is 11.8 Å². The fourth-order valence-electron chi connectivity index (χ4n) is 2.13. The minimum atomic E-state index is -0.484. The number of pyridine rings is 1. The first-order valence-corrected chi connectivity index (χ1v) is 8.73. The van der Waals surface area contributed by atoms with E-state index in [4.69, 9.17) is 21.1 Å². The van der Waals surface area contributed by atoms with Crippen LogP contribution in [0, 0.1) is 0 Å². The first-order valence-electron chi connectivity index (χ1n) is 7.13. The first-order chi connectivity index (χ1) is 10.3. The maximum absolute atomic E-state index is 12.0. The van der Waals surface area contributed by atoms with Crippen molar-refractivity contribution in [1.29, 1.82) is 0 Å². The van der Waals surface area contributed by atoms with Crippen LogP contribution in [-0.2, 0) is 4.74 Å². The molecular weight excluding hydrogens is 324 g/mol. The van der Waals surface area contributed by atoms with Gasteiger partial charge in [0.15, 0.2) is 0 Å². The zero-order chi connectivity index (χ0) is 16.3. The second kappa shape index (κ2) is 6.96. The second-order valence-corrected chi connectivity index (χ2v) is 7.34. The normalized spacial score (nSPS) is 18.4. The molecule has 22 heavy (non-hydrogen) atoms. The van der Waals surface area contributed by atoms with Crippen LogP contribution in [0.1, 0.15) is 27.2 Å². The smallest absolute Gasteiger partial charge is 0.410 e. The van der Waals surface area contributed by atoms with Crippen LogP contribution >= 0.6 is 23.4 Å². The van der Waals surface area contributed by atoms with Crippen molar-refractivity contribution >= 4 is 29.5 Å². The number of halogens is 1. The summed E-state index contributed by atoms with van der Waals surface area (Å²) in [6, 6.07) is 3.55. The summed E-state index contributed by atoms with van der Waals surface area (Å²) < 4.78 is 11.3. The van der Waals surface area contributed by atoms with Gasteiger partial charge in [0.25, 0.3) is 0 Å². The predicted octanol–water partition coefficient (Wildman–Crippen LogP) is 3.85. The Labute approximate surface area is 140 Å². The molecule has 0 spiro atoms. The number of likely N-dealkylation sites (tertiary alicyclic amines) is 1. The molecule has 0 radical (unpaired) electrons. The molecule has 0 N–H and O–H groups in total. The van der Waals surface area contributed by atoms with Gasteiger partial charge in [0, 0.05) is 25.1 Å². The quantitative estimate of drug-likeness (QED) is 0.616. The topological polar surface area (TPSA) is 51.7 Å². The molecule has 0 aliphatic carbocycles. The highest BCUT2D eigenvalue weighted by molar-refractivity contribution is 7.98. The van der Waals surface area contributed by atoms with Crippen LogP contribution < -0.4 is 4.74 Å². The molecule has 7 heteroatoms. The number of hydrogen-bond donors (Lipinski definition) is 0. The number of aromatic nitrogens is 1.